The number of rotatable bonds is 7. The van der Waals surface area contributed by atoms with Crippen LogP contribution in [0.1, 0.15) is 30.5 Å². The SMILES string of the molecule is N#Cc1c(N)n[nH]c1CCCNC(=O)C1CCCN1S(=O)(=O)c1ccc(F)cc1. The first kappa shape index (κ1) is 20.8. The number of hydrogen-bond donors (Lipinski definition) is 3. The third-order valence-corrected chi connectivity index (χ3v) is 6.73. The van der Waals surface area contributed by atoms with Gasteiger partial charge in [0.05, 0.1) is 10.6 Å². The minimum Gasteiger partial charge on any atom is -0.381 e. The second-order valence-electron chi connectivity index (χ2n) is 6.70. The summed E-state index contributed by atoms with van der Waals surface area (Å²) in [6, 6.07) is 5.72. The van der Waals surface area contributed by atoms with Crippen LogP contribution >= 0.6 is 0 Å². The summed E-state index contributed by atoms with van der Waals surface area (Å²) in [7, 11) is -3.89. The lowest BCUT2D eigenvalue weighted by Crippen LogP contribution is -2.46. The molecule has 1 saturated heterocycles. The third-order valence-electron chi connectivity index (χ3n) is 4.81. The molecule has 11 heteroatoms. The first-order valence-corrected chi connectivity index (χ1v) is 10.6. The summed E-state index contributed by atoms with van der Waals surface area (Å²) in [5.74, 6) is -0.768. The van der Waals surface area contributed by atoms with Crippen molar-refractivity contribution >= 4 is 21.7 Å². The normalized spacial score (nSPS) is 17.2. The van der Waals surface area contributed by atoms with E-state index in [4.69, 9.17) is 11.0 Å². The Morgan fingerprint density at radius 2 is 2.14 bits per heavy atom. The van der Waals surface area contributed by atoms with Crippen molar-refractivity contribution in [3.05, 3.63) is 41.3 Å². The fourth-order valence-electron chi connectivity index (χ4n) is 3.33. The number of nitrogen functional groups attached to an aromatic ring is 1. The van der Waals surface area contributed by atoms with Crippen molar-refractivity contribution in [1.82, 2.24) is 19.8 Å². The Hall–Kier alpha value is -2.97. The van der Waals surface area contributed by atoms with E-state index < -0.39 is 21.9 Å². The molecule has 0 spiro atoms. The van der Waals surface area contributed by atoms with Gasteiger partial charge in [-0.25, -0.2) is 12.8 Å². The van der Waals surface area contributed by atoms with Crippen molar-refractivity contribution < 1.29 is 17.6 Å². The monoisotopic (exact) mass is 420 g/mol. The van der Waals surface area contributed by atoms with Gasteiger partial charge in [0.2, 0.25) is 15.9 Å². The van der Waals surface area contributed by atoms with Gasteiger partial charge in [0, 0.05) is 13.1 Å². The Morgan fingerprint density at radius 1 is 1.41 bits per heavy atom. The molecule has 4 N–H and O–H groups in total. The van der Waals surface area contributed by atoms with E-state index in [0.29, 0.717) is 43.5 Å². The lowest BCUT2D eigenvalue weighted by Gasteiger charge is -2.23. The van der Waals surface area contributed by atoms with Crippen LogP contribution in [-0.4, -0.2) is 48.0 Å². The van der Waals surface area contributed by atoms with Crippen LogP contribution in [0.5, 0.6) is 0 Å². The van der Waals surface area contributed by atoms with Gasteiger partial charge in [-0.15, -0.1) is 0 Å². The van der Waals surface area contributed by atoms with Crippen LogP contribution in [0.25, 0.3) is 0 Å². The van der Waals surface area contributed by atoms with E-state index in [9.17, 15) is 17.6 Å². The Kier molecular flexibility index (Phi) is 6.14. The van der Waals surface area contributed by atoms with Gasteiger partial charge in [-0.05, 0) is 49.9 Å². The number of benzene rings is 1. The first-order chi connectivity index (χ1) is 13.8. The van der Waals surface area contributed by atoms with Crippen molar-refractivity contribution in [3.8, 4) is 6.07 Å². The van der Waals surface area contributed by atoms with Crippen molar-refractivity contribution in [2.45, 2.75) is 36.6 Å². The predicted octanol–water partition coefficient (Wildman–Crippen LogP) is 0.905. The molecule has 1 unspecified atom stereocenters. The highest BCUT2D eigenvalue weighted by atomic mass is 32.2. The van der Waals surface area contributed by atoms with Crippen molar-refractivity contribution in [1.29, 1.82) is 5.26 Å². The van der Waals surface area contributed by atoms with E-state index in [1.54, 1.807) is 0 Å². The molecule has 2 aromatic rings. The molecule has 1 aliphatic rings. The van der Waals surface area contributed by atoms with Crippen molar-refractivity contribution in [2.75, 3.05) is 18.8 Å². The zero-order valence-corrected chi connectivity index (χ0v) is 16.4. The third kappa shape index (κ3) is 4.38. The van der Waals surface area contributed by atoms with Crippen LogP contribution < -0.4 is 11.1 Å². The average Bonchev–Trinajstić information content (AvgIpc) is 3.32. The van der Waals surface area contributed by atoms with Crippen LogP contribution in [0.15, 0.2) is 29.2 Å². The zero-order valence-electron chi connectivity index (χ0n) is 15.6. The lowest BCUT2D eigenvalue weighted by atomic mass is 10.1. The minimum atomic E-state index is -3.89. The molecule has 0 aliphatic carbocycles. The molecule has 0 saturated carbocycles. The number of nitriles is 1. The highest BCUT2D eigenvalue weighted by Gasteiger charge is 2.39. The van der Waals surface area contributed by atoms with Crippen LogP contribution in [0.2, 0.25) is 0 Å². The highest BCUT2D eigenvalue weighted by molar-refractivity contribution is 7.89. The van der Waals surface area contributed by atoms with E-state index in [1.807, 2.05) is 6.07 Å². The predicted molar refractivity (Wildman–Crippen MR) is 102 cm³/mol. The van der Waals surface area contributed by atoms with E-state index in [2.05, 4.69) is 15.5 Å². The number of nitrogens with zero attached hydrogens (tertiary/aromatic N) is 3. The molecular formula is C18H21FN6O3S. The molecule has 1 aromatic carbocycles. The maximum Gasteiger partial charge on any atom is 0.243 e. The summed E-state index contributed by atoms with van der Waals surface area (Å²) in [6.07, 6.45) is 1.98. The molecule has 0 radical (unpaired) electrons. The van der Waals surface area contributed by atoms with Crippen LogP contribution in [0, 0.1) is 17.1 Å². The van der Waals surface area contributed by atoms with E-state index in [-0.39, 0.29) is 23.2 Å². The summed E-state index contributed by atoms with van der Waals surface area (Å²) < 4.78 is 39.9. The standard InChI is InChI=1S/C18H21FN6O3S/c19-12-5-7-13(8-6-12)29(27,28)25-10-2-4-16(25)18(26)22-9-1-3-15-14(11-20)17(21)24-23-15/h5-8,16H,1-4,9-10H2,(H,22,26)(H3,21,23,24). The molecule has 2 heterocycles. The van der Waals surface area contributed by atoms with Crippen LogP contribution in [0.3, 0.4) is 0 Å². The van der Waals surface area contributed by atoms with Gasteiger partial charge in [0.15, 0.2) is 5.82 Å². The number of carbonyl (C=O) groups is 1. The summed E-state index contributed by atoms with van der Waals surface area (Å²) in [4.78, 5) is 12.5. The number of halogens is 1. The number of anilines is 1. The maximum atomic E-state index is 13.1. The smallest absolute Gasteiger partial charge is 0.243 e. The second-order valence-corrected chi connectivity index (χ2v) is 8.59. The molecule has 1 fully saturated rings. The number of aryl methyl sites for hydroxylation is 1. The number of H-pyrrole nitrogens is 1. The molecule has 154 valence electrons. The average molecular weight is 420 g/mol. The van der Waals surface area contributed by atoms with Crippen LogP contribution in [-0.2, 0) is 21.2 Å². The van der Waals surface area contributed by atoms with Gasteiger partial charge in [-0.2, -0.15) is 14.7 Å². The molecule has 1 atom stereocenters. The van der Waals surface area contributed by atoms with Gasteiger partial charge < -0.3 is 11.1 Å². The second kappa shape index (κ2) is 8.59. The summed E-state index contributed by atoms with van der Waals surface area (Å²) in [5, 5.41) is 18.3. The van der Waals surface area contributed by atoms with Gasteiger partial charge in [-0.1, -0.05) is 0 Å². The topological polar surface area (TPSA) is 145 Å². The number of nitrogens with one attached hydrogen (secondary N) is 2. The van der Waals surface area contributed by atoms with Crippen LogP contribution in [0.4, 0.5) is 10.2 Å². The molecule has 1 amide bonds. The summed E-state index contributed by atoms with van der Waals surface area (Å²) in [5.41, 5.74) is 6.47. The minimum absolute atomic E-state index is 0.0422. The van der Waals surface area contributed by atoms with Gasteiger partial charge in [0.1, 0.15) is 23.5 Å². The number of amides is 1. The molecule has 3 rings (SSSR count). The number of nitrogens with two attached hydrogens (primary N) is 1. The Morgan fingerprint density at radius 3 is 2.83 bits per heavy atom. The molecular weight excluding hydrogens is 399 g/mol. The number of carbonyl (C=O) groups excluding carboxylic acids is 1. The fourth-order valence-corrected chi connectivity index (χ4v) is 4.98. The Balaban J connectivity index is 1.58. The quantitative estimate of drug-likeness (QED) is 0.568. The molecule has 1 aliphatic heterocycles. The zero-order chi connectivity index (χ0) is 21.0. The van der Waals surface area contributed by atoms with Gasteiger partial charge >= 0.3 is 0 Å². The Bertz CT molecular complexity index is 1030. The van der Waals surface area contributed by atoms with E-state index in [1.165, 1.54) is 16.4 Å². The Labute approximate surface area is 167 Å². The largest absolute Gasteiger partial charge is 0.381 e. The van der Waals surface area contributed by atoms with E-state index in [0.717, 1.165) is 12.1 Å². The van der Waals surface area contributed by atoms with Crippen molar-refractivity contribution in [2.24, 2.45) is 0 Å². The summed E-state index contributed by atoms with van der Waals surface area (Å²) >= 11 is 0. The maximum absolute atomic E-state index is 13.1. The lowest BCUT2D eigenvalue weighted by molar-refractivity contribution is -0.124. The number of hydrogen-bond acceptors (Lipinski definition) is 6. The summed E-state index contributed by atoms with van der Waals surface area (Å²) in [6.45, 7) is 0.542. The van der Waals surface area contributed by atoms with Gasteiger partial charge in [0.25, 0.3) is 0 Å². The molecule has 1 aromatic heterocycles. The number of aromatic amines is 1. The fraction of sp³-hybridized carbons (Fsp3) is 0.389. The highest BCUT2D eigenvalue weighted by Crippen LogP contribution is 2.26. The van der Waals surface area contributed by atoms with Gasteiger partial charge in [-0.3, -0.25) is 9.89 Å². The van der Waals surface area contributed by atoms with E-state index >= 15 is 0 Å². The number of aromatic nitrogens is 2. The molecule has 9 nitrogen and oxygen atoms in total. The first-order valence-electron chi connectivity index (χ1n) is 9.12. The number of sulfonamides is 1. The van der Waals surface area contributed by atoms with Crippen molar-refractivity contribution in [3.63, 3.8) is 0 Å². The molecule has 0 bridgehead atoms. The molecule has 29 heavy (non-hydrogen) atoms.